The van der Waals surface area contributed by atoms with Crippen molar-refractivity contribution in [1.29, 1.82) is 0 Å². The molecule has 0 aliphatic rings. The van der Waals surface area contributed by atoms with Crippen LogP contribution >= 0.6 is 24.0 Å². The number of rotatable bonds is 7. The SMILES string of the molecule is CCCc1ccc(C(OC(=S)SC)C(F)(F)C(=O)OCC)cc1. The lowest BCUT2D eigenvalue weighted by molar-refractivity contribution is -0.187. The Morgan fingerprint density at radius 1 is 1.30 bits per heavy atom. The summed E-state index contributed by atoms with van der Waals surface area (Å²) in [5.41, 5.74) is 1.21. The third-order valence-corrected chi connectivity index (χ3v) is 4.10. The molecule has 0 heterocycles. The first-order valence-electron chi connectivity index (χ1n) is 7.25. The average Bonchev–Trinajstić information content (AvgIpc) is 2.53. The highest BCUT2D eigenvalue weighted by atomic mass is 32.2. The van der Waals surface area contributed by atoms with Gasteiger partial charge in [-0.05, 0) is 42.9 Å². The van der Waals surface area contributed by atoms with E-state index in [0.29, 0.717) is 0 Å². The van der Waals surface area contributed by atoms with Crippen LogP contribution in [0, 0.1) is 0 Å². The Morgan fingerprint density at radius 2 is 1.91 bits per heavy atom. The molecular formula is C16H20F2O3S2. The van der Waals surface area contributed by atoms with E-state index < -0.39 is 18.0 Å². The second-order valence-electron chi connectivity index (χ2n) is 4.79. The number of alkyl halides is 2. The fraction of sp³-hybridized carbons (Fsp3) is 0.500. The highest BCUT2D eigenvalue weighted by Crippen LogP contribution is 2.37. The minimum Gasteiger partial charge on any atom is -0.463 e. The van der Waals surface area contributed by atoms with Crippen molar-refractivity contribution in [3.8, 4) is 0 Å². The largest absolute Gasteiger partial charge is 0.463 e. The number of thiocarbonyl (C=S) groups is 1. The van der Waals surface area contributed by atoms with Gasteiger partial charge >= 0.3 is 11.9 Å². The molecular weight excluding hydrogens is 342 g/mol. The van der Waals surface area contributed by atoms with Crippen LogP contribution in [0.4, 0.5) is 8.78 Å². The van der Waals surface area contributed by atoms with Crippen LogP contribution in [0.5, 0.6) is 0 Å². The second kappa shape index (κ2) is 9.17. The molecule has 1 aromatic carbocycles. The molecule has 7 heteroatoms. The van der Waals surface area contributed by atoms with Crippen LogP contribution in [0.3, 0.4) is 0 Å². The molecule has 1 unspecified atom stereocenters. The van der Waals surface area contributed by atoms with E-state index in [2.05, 4.69) is 4.74 Å². The van der Waals surface area contributed by atoms with Crippen molar-refractivity contribution in [2.24, 2.45) is 0 Å². The second-order valence-corrected chi connectivity index (χ2v) is 6.20. The van der Waals surface area contributed by atoms with Gasteiger partial charge in [0.2, 0.25) is 4.38 Å². The zero-order valence-corrected chi connectivity index (χ0v) is 14.9. The van der Waals surface area contributed by atoms with Crippen molar-refractivity contribution in [3.05, 3.63) is 35.4 Å². The third-order valence-electron chi connectivity index (χ3n) is 3.08. The van der Waals surface area contributed by atoms with E-state index in [4.69, 9.17) is 17.0 Å². The summed E-state index contributed by atoms with van der Waals surface area (Å²) in [7, 11) is 0. The van der Waals surface area contributed by atoms with Gasteiger partial charge in [0, 0.05) is 0 Å². The molecule has 0 aliphatic carbocycles. The highest BCUT2D eigenvalue weighted by Gasteiger charge is 2.52. The summed E-state index contributed by atoms with van der Waals surface area (Å²) in [5, 5.41) is 0. The van der Waals surface area contributed by atoms with E-state index in [0.717, 1.165) is 30.2 Å². The molecule has 0 saturated heterocycles. The maximum atomic E-state index is 14.4. The molecule has 128 valence electrons. The first-order valence-corrected chi connectivity index (χ1v) is 8.88. The summed E-state index contributed by atoms with van der Waals surface area (Å²) >= 11 is 5.90. The van der Waals surface area contributed by atoms with Crippen LogP contribution in [0.15, 0.2) is 24.3 Å². The molecule has 23 heavy (non-hydrogen) atoms. The highest BCUT2D eigenvalue weighted by molar-refractivity contribution is 8.22. The first-order chi connectivity index (χ1) is 10.9. The fourth-order valence-electron chi connectivity index (χ4n) is 1.98. The number of benzene rings is 1. The van der Waals surface area contributed by atoms with Gasteiger partial charge in [-0.15, -0.1) is 0 Å². The molecule has 0 radical (unpaired) electrons. The summed E-state index contributed by atoms with van der Waals surface area (Å²) in [6.07, 6.45) is 1.61. The monoisotopic (exact) mass is 362 g/mol. The molecule has 3 nitrogen and oxygen atoms in total. The van der Waals surface area contributed by atoms with Gasteiger partial charge in [0.15, 0.2) is 6.10 Å². The number of hydrogen-bond donors (Lipinski definition) is 0. The zero-order valence-electron chi connectivity index (χ0n) is 13.3. The molecule has 1 atom stereocenters. The van der Waals surface area contributed by atoms with Crippen molar-refractivity contribution in [3.63, 3.8) is 0 Å². The number of carbonyl (C=O) groups is 1. The summed E-state index contributed by atoms with van der Waals surface area (Å²) in [6, 6.07) is 6.56. The van der Waals surface area contributed by atoms with Crippen LogP contribution < -0.4 is 0 Å². The zero-order chi connectivity index (χ0) is 17.5. The van der Waals surface area contributed by atoms with Crippen LogP contribution in [-0.2, 0) is 20.7 Å². The number of aryl methyl sites for hydroxylation is 1. The molecule has 0 fully saturated rings. The molecule has 1 rings (SSSR count). The Bertz CT molecular complexity index is 533. The van der Waals surface area contributed by atoms with Gasteiger partial charge in [0.05, 0.1) is 6.61 Å². The van der Waals surface area contributed by atoms with Crippen LogP contribution in [0.25, 0.3) is 0 Å². The first kappa shape index (κ1) is 19.8. The lowest BCUT2D eigenvalue weighted by Crippen LogP contribution is -2.39. The van der Waals surface area contributed by atoms with Gasteiger partial charge in [0.1, 0.15) is 0 Å². The van der Waals surface area contributed by atoms with Crippen molar-refractivity contribution in [2.75, 3.05) is 12.9 Å². The summed E-state index contributed by atoms with van der Waals surface area (Å²) in [6.45, 7) is 3.37. The topological polar surface area (TPSA) is 35.5 Å². The van der Waals surface area contributed by atoms with Crippen LogP contribution in [0.2, 0.25) is 0 Å². The molecule has 0 aromatic heterocycles. The van der Waals surface area contributed by atoms with E-state index >= 15 is 0 Å². The van der Waals surface area contributed by atoms with Crippen LogP contribution in [-0.4, -0.2) is 29.1 Å². The molecule has 0 spiro atoms. The van der Waals surface area contributed by atoms with E-state index in [1.54, 1.807) is 18.4 Å². The number of ether oxygens (including phenoxy) is 2. The summed E-state index contributed by atoms with van der Waals surface area (Å²) in [4.78, 5) is 11.6. The van der Waals surface area contributed by atoms with Crippen molar-refractivity contribution >= 4 is 34.3 Å². The van der Waals surface area contributed by atoms with E-state index in [-0.39, 0.29) is 16.6 Å². The predicted octanol–water partition coefficient (Wildman–Crippen LogP) is 4.54. The predicted molar refractivity (Wildman–Crippen MR) is 92.0 cm³/mol. The third kappa shape index (κ3) is 5.42. The lowest BCUT2D eigenvalue weighted by Gasteiger charge is -2.26. The van der Waals surface area contributed by atoms with Crippen molar-refractivity contribution in [2.45, 2.75) is 38.7 Å². The minimum absolute atomic E-state index is 0.0587. The van der Waals surface area contributed by atoms with E-state index in [9.17, 15) is 13.6 Å². The summed E-state index contributed by atoms with van der Waals surface area (Å²) in [5.74, 6) is -5.45. The Morgan fingerprint density at radius 3 is 2.39 bits per heavy atom. The number of halogens is 2. The van der Waals surface area contributed by atoms with Gasteiger partial charge in [-0.3, -0.25) is 0 Å². The van der Waals surface area contributed by atoms with Crippen molar-refractivity contribution < 1.29 is 23.0 Å². The summed E-state index contributed by atoms with van der Waals surface area (Å²) < 4.78 is 38.4. The van der Waals surface area contributed by atoms with Gasteiger partial charge in [-0.1, -0.05) is 49.4 Å². The Hall–Kier alpha value is -1.21. The fourth-order valence-corrected chi connectivity index (χ4v) is 2.27. The molecule has 1 aromatic rings. The lowest BCUT2D eigenvalue weighted by atomic mass is 10.0. The van der Waals surface area contributed by atoms with Gasteiger partial charge in [0.25, 0.3) is 0 Å². The molecule has 0 aliphatic heterocycles. The smallest absolute Gasteiger partial charge is 0.382 e. The number of carbonyl (C=O) groups excluding carboxylic acids is 1. The van der Waals surface area contributed by atoms with Gasteiger partial charge in [-0.25, -0.2) is 4.79 Å². The minimum atomic E-state index is -3.83. The number of hydrogen-bond acceptors (Lipinski definition) is 5. The van der Waals surface area contributed by atoms with Crippen molar-refractivity contribution in [1.82, 2.24) is 0 Å². The Kier molecular flexibility index (Phi) is 7.91. The molecule has 0 N–H and O–H groups in total. The van der Waals surface area contributed by atoms with Crippen LogP contribution in [0.1, 0.15) is 37.5 Å². The normalized spacial score (nSPS) is 12.6. The Labute approximate surface area is 144 Å². The number of esters is 1. The quantitative estimate of drug-likeness (QED) is 0.525. The molecule has 0 bridgehead atoms. The Balaban J connectivity index is 3.13. The average molecular weight is 362 g/mol. The molecule has 0 saturated carbocycles. The standard InChI is InChI=1S/C16H20F2O3S2/c1-4-6-11-7-9-12(10-8-11)13(21-15(22)23-3)16(17,18)14(19)20-5-2/h7-10,13H,4-6H2,1-3H3. The number of thioether (sulfide) groups is 1. The molecule has 0 amide bonds. The van der Waals surface area contributed by atoms with Gasteiger partial charge < -0.3 is 9.47 Å². The maximum absolute atomic E-state index is 14.4. The van der Waals surface area contributed by atoms with Gasteiger partial charge in [-0.2, -0.15) is 8.78 Å². The van der Waals surface area contributed by atoms with E-state index in [1.165, 1.54) is 19.1 Å². The van der Waals surface area contributed by atoms with E-state index in [1.807, 2.05) is 6.92 Å². The maximum Gasteiger partial charge on any atom is 0.382 e.